The van der Waals surface area contributed by atoms with Crippen LogP contribution in [0.25, 0.3) is 0 Å². The summed E-state index contributed by atoms with van der Waals surface area (Å²) >= 11 is 12.7. The molecule has 0 spiro atoms. The summed E-state index contributed by atoms with van der Waals surface area (Å²) in [4.78, 5) is 17.0. The first kappa shape index (κ1) is 23.9. The molecule has 2 nitrogen and oxygen atoms in total. The minimum absolute atomic E-state index is 0.0471. The highest BCUT2D eigenvalue weighted by molar-refractivity contribution is 8.15. The van der Waals surface area contributed by atoms with E-state index in [9.17, 15) is 13.6 Å². The molecule has 0 aliphatic carbocycles. The fourth-order valence-corrected chi connectivity index (χ4v) is 4.70. The van der Waals surface area contributed by atoms with Gasteiger partial charge in [0.1, 0.15) is 0 Å². The first-order valence-electron chi connectivity index (χ1n) is 9.58. The van der Waals surface area contributed by atoms with Gasteiger partial charge in [0.05, 0.1) is 20.8 Å². The zero-order chi connectivity index (χ0) is 22.8. The van der Waals surface area contributed by atoms with Crippen LogP contribution in [0.1, 0.15) is 37.3 Å². The first-order chi connectivity index (χ1) is 14.5. The van der Waals surface area contributed by atoms with Crippen LogP contribution in [0, 0.1) is 0 Å². The molecule has 1 aliphatic rings. The molecule has 1 atom stereocenters. The molecule has 0 N–H and O–H groups in total. The molecule has 0 bridgehead atoms. The van der Waals surface area contributed by atoms with E-state index in [2.05, 4.69) is 11.6 Å². The summed E-state index contributed by atoms with van der Waals surface area (Å²) in [7, 11) is 0. The van der Waals surface area contributed by atoms with Crippen molar-refractivity contribution in [3.8, 4) is 0 Å². The number of hydrogen-bond acceptors (Lipinski definition) is 3. The number of halogens is 5. The van der Waals surface area contributed by atoms with Crippen molar-refractivity contribution in [1.29, 1.82) is 0 Å². The molecule has 31 heavy (non-hydrogen) atoms. The van der Waals surface area contributed by atoms with Crippen molar-refractivity contribution in [1.82, 2.24) is 0 Å². The van der Waals surface area contributed by atoms with Crippen LogP contribution in [0.15, 0.2) is 59.6 Å². The Morgan fingerprint density at radius 1 is 1.19 bits per heavy atom. The maximum atomic E-state index is 15.9. The number of allylic oxidation sites excluding steroid dienone is 1. The van der Waals surface area contributed by atoms with Crippen molar-refractivity contribution in [2.45, 2.75) is 43.5 Å². The van der Waals surface area contributed by atoms with Crippen molar-refractivity contribution in [3.63, 3.8) is 0 Å². The predicted molar refractivity (Wildman–Crippen MR) is 123 cm³/mol. The lowest BCUT2D eigenvalue weighted by atomic mass is 9.97. The van der Waals surface area contributed by atoms with E-state index in [1.807, 2.05) is 0 Å². The number of alkyl halides is 3. The molecule has 0 amide bonds. The third kappa shape index (κ3) is 5.54. The number of rotatable bonds is 5. The van der Waals surface area contributed by atoms with E-state index >= 15 is 4.39 Å². The fraction of sp³-hybridized carbons (Fsp3) is 0.304. The van der Waals surface area contributed by atoms with Crippen LogP contribution in [-0.2, 0) is 17.1 Å². The van der Waals surface area contributed by atoms with Gasteiger partial charge in [-0.3, -0.25) is 4.79 Å². The van der Waals surface area contributed by atoms with Gasteiger partial charge in [0, 0.05) is 18.4 Å². The first-order valence-corrected chi connectivity index (χ1v) is 11.2. The molecule has 1 heterocycles. The molecule has 0 aromatic heterocycles. The van der Waals surface area contributed by atoms with Gasteiger partial charge in [-0.15, -0.1) is 0 Å². The molecular formula is C23H20Cl2F3NOS. The number of thioether (sulfide) groups is 1. The Hall–Kier alpha value is -1.76. The van der Waals surface area contributed by atoms with Crippen molar-refractivity contribution < 1.29 is 18.0 Å². The van der Waals surface area contributed by atoms with Gasteiger partial charge in [-0.05, 0) is 55.2 Å². The van der Waals surface area contributed by atoms with Crippen molar-refractivity contribution in [3.05, 3.63) is 75.8 Å². The summed E-state index contributed by atoms with van der Waals surface area (Å²) in [5.74, 6) is -3.81. The third-order valence-corrected chi connectivity index (χ3v) is 6.87. The molecule has 164 valence electrons. The Kier molecular flexibility index (Phi) is 7.24. The van der Waals surface area contributed by atoms with Crippen LogP contribution in [0.4, 0.5) is 18.9 Å². The number of aliphatic imine (C=N–C) groups is 1. The molecule has 1 fully saturated rings. The second kappa shape index (κ2) is 9.39. The standard InChI is InChI=1S/C23H20Cl2F3NOS/c1-14(2)23(27,28)16-6-3-5-15(11-16)13-22(26)20(30)7-4-8-21(31-22)29-17-9-10-18(24)19(25)12-17/h3,5-6,9-12H,1,4,7-8,13H2,2H3. The van der Waals surface area contributed by atoms with Crippen LogP contribution in [0.3, 0.4) is 0 Å². The van der Waals surface area contributed by atoms with Crippen LogP contribution in [0.2, 0.25) is 10.0 Å². The average Bonchev–Trinajstić information content (AvgIpc) is 2.83. The SMILES string of the molecule is C=C(C)C(F)(F)c1cccc(CC2(F)SC(=Nc3ccc(Cl)c(Cl)c3)CCCC2=O)c1. The highest BCUT2D eigenvalue weighted by atomic mass is 35.5. The van der Waals surface area contributed by atoms with E-state index < -0.39 is 16.7 Å². The second-order valence-corrected chi connectivity index (χ2v) is 9.58. The van der Waals surface area contributed by atoms with E-state index in [-0.39, 0.29) is 24.0 Å². The smallest absolute Gasteiger partial charge is 0.294 e. The van der Waals surface area contributed by atoms with Crippen molar-refractivity contribution >= 4 is 51.5 Å². The molecule has 1 saturated heterocycles. The van der Waals surface area contributed by atoms with Crippen LogP contribution >= 0.6 is 35.0 Å². The van der Waals surface area contributed by atoms with Crippen molar-refractivity contribution in [2.75, 3.05) is 0 Å². The average molecular weight is 486 g/mol. The minimum atomic E-state index is -3.24. The number of benzene rings is 2. The number of Topliss-reactive ketones (excluding diaryl/α,β-unsaturated/α-hetero) is 1. The van der Waals surface area contributed by atoms with Gasteiger partial charge in [0.2, 0.25) is 5.00 Å². The molecule has 2 aromatic rings. The van der Waals surface area contributed by atoms with Gasteiger partial charge in [-0.2, -0.15) is 8.78 Å². The van der Waals surface area contributed by atoms with E-state index in [0.29, 0.717) is 39.2 Å². The lowest BCUT2D eigenvalue weighted by Gasteiger charge is -2.23. The Morgan fingerprint density at radius 2 is 1.94 bits per heavy atom. The Balaban J connectivity index is 1.90. The minimum Gasteiger partial charge on any atom is -0.295 e. The highest BCUT2D eigenvalue weighted by Crippen LogP contribution is 2.41. The number of carbonyl (C=O) groups excluding carboxylic acids is 1. The normalized spacial score (nSPS) is 21.2. The molecule has 3 rings (SSSR count). The predicted octanol–water partition coefficient (Wildman–Crippen LogP) is 8.09. The van der Waals surface area contributed by atoms with Gasteiger partial charge in [0.25, 0.3) is 5.92 Å². The summed E-state index contributed by atoms with van der Waals surface area (Å²) in [5.41, 5.74) is 0.210. The molecule has 0 radical (unpaired) electrons. The van der Waals surface area contributed by atoms with Crippen LogP contribution in [-0.4, -0.2) is 15.8 Å². The van der Waals surface area contributed by atoms with Crippen LogP contribution < -0.4 is 0 Å². The lowest BCUT2D eigenvalue weighted by molar-refractivity contribution is -0.125. The number of ketones is 1. The van der Waals surface area contributed by atoms with Gasteiger partial charge >= 0.3 is 0 Å². The Morgan fingerprint density at radius 3 is 2.61 bits per heavy atom. The van der Waals surface area contributed by atoms with E-state index in [1.54, 1.807) is 18.2 Å². The Labute approximate surface area is 193 Å². The molecule has 8 heteroatoms. The largest absolute Gasteiger partial charge is 0.295 e. The fourth-order valence-electron chi connectivity index (χ4n) is 3.18. The van der Waals surface area contributed by atoms with Crippen LogP contribution in [0.5, 0.6) is 0 Å². The van der Waals surface area contributed by atoms with E-state index in [0.717, 1.165) is 11.8 Å². The quantitative estimate of drug-likeness (QED) is 0.400. The third-order valence-electron chi connectivity index (χ3n) is 4.90. The molecular weight excluding hydrogens is 466 g/mol. The second-order valence-electron chi connectivity index (χ2n) is 7.44. The lowest BCUT2D eigenvalue weighted by Crippen LogP contribution is -2.32. The Bertz CT molecular complexity index is 1060. The molecule has 2 aromatic carbocycles. The van der Waals surface area contributed by atoms with Crippen molar-refractivity contribution in [2.24, 2.45) is 4.99 Å². The van der Waals surface area contributed by atoms with E-state index in [1.165, 1.54) is 31.2 Å². The summed E-state index contributed by atoms with van der Waals surface area (Å²) in [6.45, 7) is 4.57. The van der Waals surface area contributed by atoms with Gasteiger partial charge in [0.15, 0.2) is 5.78 Å². The van der Waals surface area contributed by atoms with Gasteiger partial charge in [-0.25, -0.2) is 9.38 Å². The number of nitrogens with zero attached hydrogens (tertiary/aromatic N) is 1. The maximum Gasteiger partial charge on any atom is 0.294 e. The van der Waals surface area contributed by atoms with E-state index in [4.69, 9.17) is 23.2 Å². The number of carbonyl (C=O) groups is 1. The summed E-state index contributed by atoms with van der Waals surface area (Å²) in [6, 6.07) is 10.3. The summed E-state index contributed by atoms with van der Waals surface area (Å²) < 4.78 is 44.5. The molecule has 1 aliphatic heterocycles. The number of hydrogen-bond donors (Lipinski definition) is 0. The highest BCUT2D eigenvalue weighted by Gasteiger charge is 2.42. The van der Waals surface area contributed by atoms with Gasteiger partial charge in [-0.1, -0.05) is 59.7 Å². The monoisotopic (exact) mass is 485 g/mol. The topological polar surface area (TPSA) is 29.4 Å². The zero-order valence-corrected chi connectivity index (χ0v) is 19.1. The molecule has 0 saturated carbocycles. The zero-order valence-electron chi connectivity index (χ0n) is 16.7. The molecule has 1 unspecified atom stereocenters. The van der Waals surface area contributed by atoms with Gasteiger partial charge < -0.3 is 0 Å². The maximum absolute atomic E-state index is 15.9. The summed E-state index contributed by atoms with van der Waals surface area (Å²) in [6.07, 6.45) is 0.587. The summed E-state index contributed by atoms with van der Waals surface area (Å²) in [5, 5.41) is -1.17.